The van der Waals surface area contributed by atoms with Crippen LogP contribution in [0.4, 0.5) is 0 Å². The van der Waals surface area contributed by atoms with Crippen molar-refractivity contribution >= 4 is 57.4 Å². The van der Waals surface area contributed by atoms with Crippen LogP contribution in [0.3, 0.4) is 0 Å². The summed E-state index contributed by atoms with van der Waals surface area (Å²) < 4.78 is 19.3. The number of hydrogen-bond donors (Lipinski definition) is 0. The topological polar surface area (TPSA) is 79.1 Å². The molecule has 0 bridgehead atoms. The van der Waals surface area contributed by atoms with Gasteiger partial charge in [0, 0.05) is 21.2 Å². The van der Waals surface area contributed by atoms with Gasteiger partial charge in [0.15, 0.2) is 4.80 Å². The first kappa shape index (κ1) is 30.6. The number of aromatic nitrogens is 1. The number of esters is 1. The van der Waals surface area contributed by atoms with E-state index in [-0.39, 0.29) is 18.8 Å². The van der Waals surface area contributed by atoms with Gasteiger partial charge in [-0.15, -0.1) is 0 Å². The third kappa shape index (κ3) is 6.01. The molecule has 2 heterocycles. The Hall–Kier alpha value is -4.37. The van der Waals surface area contributed by atoms with E-state index in [0.717, 1.165) is 21.9 Å². The number of nitrogens with zero attached hydrogens (tertiary/aromatic N) is 2. The standard InChI is InChI=1S/C35H28Cl2N2O5S/c1-4-43-34(41)30-20(2)38-35-39(32(30)31-26-11-6-5-9-22(26)13-15-28(31)42-3)33(40)29(45-35)17-21-8-7-10-25(16-21)44-19-23-12-14-24(36)18-27(23)37/h5-18,32H,4,19H2,1-3H3/b29-17+/t32-/m1/s1. The third-order valence-electron chi connectivity index (χ3n) is 7.51. The molecule has 228 valence electrons. The van der Waals surface area contributed by atoms with Gasteiger partial charge in [0.05, 0.1) is 29.5 Å². The Balaban J connectivity index is 1.47. The lowest BCUT2D eigenvalue weighted by Crippen LogP contribution is -2.40. The van der Waals surface area contributed by atoms with Gasteiger partial charge in [0.25, 0.3) is 5.56 Å². The molecule has 6 rings (SSSR count). The number of benzene rings is 4. The lowest BCUT2D eigenvalue weighted by molar-refractivity contribution is -0.139. The van der Waals surface area contributed by atoms with Crippen LogP contribution in [-0.4, -0.2) is 24.3 Å². The zero-order chi connectivity index (χ0) is 31.7. The maximum absolute atomic E-state index is 14.2. The summed E-state index contributed by atoms with van der Waals surface area (Å²) in [6, 6.07) is 23.5. The van der Waals surface area contributed by atoms with Gasteiger partial charge < -0.3 is 14.2 Å². The molecule has 1 aliphatic rings. The molecule has 1 atom stereocenters. The largest absolute Gasteiger partial charge is 0.496 e. The molecule has 0 amide bonds. The van der Waals surface area contributed by atoms with Gasteiger partial charge in [-0.25, -0.2) is 9.79 Å². The van der Waals surface area contributed by atoms with Crippen LogP contribution in [0.25, 0.3) is 16.8 Å². The molecule has 0 aliphatic carbocycles. The maximum Gasteiger partial charge on any atom is 0.338 e. The molecular formula is C35H28Cl2N2O5S. The fraction of sp³-hybridized carbons (Fsp3) is 0.171. The average molecular weight is 660 g/mol. The van der Waals surface area contributed by atoms with Gasteiger partial charge in [0.1, 0.15) is 24.1 Å². The van der Waals surface area contributed by atoms with Crippen LogP contribution >= 0.6 is 34.5 Å². The number of fused-ring (bicyclic) bond motifs is 2. The molecule has 5 aromatic rings. The third-order valence-corrected chi connectivity index (χ3v) is 9.08. The molecule has 4 aromatic carbocycles. The number of ether oxygens (including phenoxy) is 3. The zero-order valence-corrected chi connectivity index (χ0v) is 27.0. The van der Waals surface area contributed by atoms with E-state index >= 15 is 0 Å². The van der Waals surface area contributed by atoms with Gasteiger partial charge in [-0.05, 0) is 66.6 Å². The Bertz CT molecular complexity index is 2170. The molecular weight excluding hydrogens is 631 g/mol. The Kier molecular flexibility index (Phi) is 8.81. The van der Waals surface area contributed by atoms with Crippen molar-refractivity contribution in [2.45, 2.75) is 26.5 Å². The second-order valence-corrected chi connectivity index (χ2v) is 12.2. The molecule has 0 spiro atoms. The molecule has 10 heteroatoms. The predicted octanol–water partition coefficient (Wildman–Crippen LogP) is 6.85. The molecule has 0 N–H and O–H groups in total. The minimum atomic E-state index is -0.817. The van der Waals surface area contributed by atoms with Crippen LogP contribution < -0.4 is 24.4 Å². The van der Waals surface area contributed by atoms with Crippen molar-refractivity contribution in [2.24, 2.45) is 4.99 Å². The molecule has 7 nitrogen and oxygen atoms in total. The quantitative estimate of drug-likeness (QED) is 0.171. The minimum absolute atomic E-state index is 0.183. The van der Waals surface area contributed by atoms with Crippen LogP contribution in [0.2, 0.25) is 10.0 Å². The van der Waals surface area contributed by atoms with Crippen LogP contribution in [0.1, 0.15) is 36.6 Å². The first-order valence-corrected chi connectivity index (χ1v) is 15.8. The van der Waals surface area contributed by atoms with E-state index in [9.17, 15) is 9.59 Å². The molecule has 0 saturated heterocycles. The van der Waals surface area contributed by atoms with Crippen LogP contribution in [0, 0.1) is 0 Å². The van der Waals surface area contributed by atoms with E-state index in [0.29, 0.717) is 47.7 Å². The van der Waals surface area contributed by atoms with Gasteiger partial charge in [0.2, 0.25) is 0 Å². The predicted molar refractivity (Wildman–Crippen MR) is 178 cm³/mol. The SMILES string of the molecule is CCOC(=O)C1=C(C)N=c2s/c(=C/c3cccc(OCc4ccc(Cl)cc4Cl)c3)c(=O)n2[C@H]1c1c(OC)ccc2ccccc12. The lowest BCUT2D eigenvalue weighted by Gasteiger charge is -2.27. The van der Waals surface area contributed by atoms with Crippen LogP contribution in [-0.2, 0) is 16.1 Å². The summed E-state index contributed by atoms with van der Waals surface area (Å²) in [4.78, 5) is 32.9. The number of carbonyl (C=O) groups excluding carboxylic acids is 1. The molecule has 0 saturated carbocycles. The molecule has 0 radical (unpaired) electrons. The number of allylic oxidation sites excluding steroid dienone is 1. The molecule has 0 unspecified atom stereocenters. The number of hydrogen-bond acceptors (Lipinski definition) is 7. The number of thiazole rings is 1. The second-order valence-electron chi connectivity index (χ2n) is 10.3. The highest BCUT2D eigenvalue weighted by atomic mass is 35.5. The fourth-order valence-electron chi connectivity index (χ4n) is 5.45. The first-order chi connectivity index (χ1) is 21.8. The minimum Gasteiger partial charge on any atom is -0.496 e. The van der Waals surface area contributed by atoms with Crippen molar-refractivity contribution in [2.75, 3.05) is 13.7 Å². The molecule has 1 aromatic heterocycles. The summed E-state index contributed by atoms with van der Waals surface area (Å²) in [5.41, 5.74) is 2.75. The van der Waals surface area contributed by atoms with Gasteiger partial charge in [-0.3, -0.25) is 9.36 Å². The highest BCUT2D eigenvalue weighted by Gasteiger charge is 2.36. The van der Waals surface area contributed by atoms with E-state index in [2.05, 4.69) is 0 Å². The number of methoxy groups -OCH3 is 1. The van der Waals surface area contributed by atoms with Crippen molar-refractivity contribution in [3.05, 3.63) is 137 Å². The smallest absolute Gasteiger partial charge is 0.338 e. The number of rotatable bonds is 8. The maximum atomic E-state index is 14.2. The Morgan fingerprint density at radius 1 is 1.04 bits per heavy atom. The van der Waals surface area contributed by atoms with Gasteiger partial charge in [-0.2, -0.15) is 0 Å². The van der Waals surface area contributed by atoms with Crippen molar-refractivity contribution in [3.8, 4) is 11.5 Å². The average Bonchev–Trinajstić information content (AvgIpc) is 3.33. The first-order valence-electron chi connectivity index (χ1n) is 14.2. The normalized spacial score (nSPS) is 14.7. The summed E-state index contributed by atoms with van der Waals surface area (Å²) in [6.45, 7) is 3.95. The monoisotopic (exact) mass is 658 g/mol. The van der Waals surface area contributed by atoms with Crippen molar-refractivity contribution in [1.82, 2.24) is 4.57 Å². The summed E-state index contributed by atoms with van der Waals surface area (Å²) in [7, 11) is 1.58. The molecule has 0 fully saturated rings. The molecule has 1 aliphatic heterocycles. The van der Waals surface area contributed by atoms with E-state index in [4.69, 9.17) is 42.4 Å². The Labute approximate surface area is 273 Å². The Morgan fingerprint density at radius 2 is 1.87 bits per heavy atom. The van der Waals surface area contributed by atoms with E-state index in [1.54, 1.807) is 43.7 Å². The highest BCUT2D eigenvalue weighted by Crippen LogP contribution is 2.40. The van der Waals surface area contributed by atoms with E-state index in [1.165, 1.54) is 11.3 Å². The van der Waals surface area contributed by atoms with Crippen molar-refractivity contribution in [1.29, 1.82) is 0 Å². The summed E-state index contributed by atoms with van der Waals surface area (Å²) in [5, 5.41) is 2.89. The number of carbonyl (C=O) groups is 1. The van der Waals surface area contributed by atoms with Gasteiger partial charge >= 0.3 is 5.97 Å². The highest BCUT2D eigenvalue weighted by molar-refractivity contribution is 7.07. The van der Waals surface area contributed by atoms with Gasteiger partial charge in [-0.1, -0.05) is 83.1 Å². The van der Waals surface area contributed by atoms with E-state index < -0.39 is 12.0 Å². The second kappa shape index (κ2) is 12.9. The lowest BCUT2D eigenvalue weighted by atomic mass is 9.90. The fourth-order valence-corrected chi connectivity index (χ4v) is 6.96. The van der Waals surface area contributed by atoms with Crippen molar-refractivity contribution in [3.63, 3.8) is 0 Å². The van der Waals surface area contributed by atoms with Crippen LogP contribution in [0.15, 0.2) is 99.9 Å². The summed E-state index contributed by atoms with van der Waals surface area (Å²) >= 11 is 13.6. The summed E-state index contributed by atoms with van der Waals surface area (Å²) in [6.07, 6.45) is 1.80. The Morgan fingerprint density at radius 3 is 2.64 bits per heavy atom. The van der Waals surface area contributed by atoms with E-state index in [1.807, 2.05) is 66.7 Å². The summed E-state index contributed by atoms with van der Waals surface area (Å²) in [5.74, 6) is 0.635. The van der Waals surface area contributed by atoms with Crippen molar-refractivity contribution < 1.29 is 19.0 Å². The van der Waals surface area contributed by atoms with Crippen LogP contribution in [0.5, 0.6) is 11.5 Å². The molecule has 45 heavy (non-hydrogen) atoms. The number of halogens is 2. The zero-order valence-electron chi connectivity index (χ0n) is 24.7.